The maximum absolute atomic E-state index is 12.3. The Labute approximate surface area is 160 Å². The third-order valence-corrected chi connectivity index (χ3v) is 4.31. The van der Waals surface area contributed by atoms with E-state index >= 15 is 0 Å². The third kappa shape index (κ3) is 4.12. The maximum atomic E-state index is 12.3. The van der Waals surface area contributed by atoms with E-state index in [1.165, 1.54) is 0 Å². The number of hydrogen-bond acceptors (Lipinski definition) is 4. The van der Waals surface area contributed by atoms with Crippen molar-refractivity contribution in [3.8, 4) is 5.69 Å². The molecule has 3 rings (SSSR count). The number of anilines is 1. The lowest BCUT2D eigenvalue weighted by Crippen LogP contribution is -2.31. The fourth-order valence-electron chi connectivity index (χ4n) is 2.48. The molecule has 0 aliphatic carbocycles. The van der Waals surface area contributed by atoms with Crippen LogP contribution in [-0.2, 0) is 0 Å². The summed E-state index contributed by atoms with van der Waals surface area (Å²) in [6.45, 7) is 3.64. The zero-order chi connectivity index (χ0) is 18.7. The molecule has 7 nitrogen and oxygen atoms in total. The lowest BCUT2D eigenvalue weighted by Gasteiger charge is -2.17. The van der Waals surface area contributed by atoms with Crippen LogP contribution in [0.2, 0.25) is 10.0 Å². The summed E-state index contributed by atoms with van der Waals surface area (Å²) in [7, 11) is 0. The van der Waals surface area contributed by atoms with Crippen molar-refractivity contribution < 1.29 is 4.79 Å². The quantitative estimate of drug-likeness (QED) is 0.700. The Morgan fingerprint density at radius 2 is 2.00 bits per heavy atom. The van der Waals surface area contributed by atoms with Crippen molar-refractivity contribution in [1.82, 2.24) is 25.5 Å². The molecule has 1 atom stereocenters. The number of hydrogen-bond donors (Lipinski definition) is 2. The number of benzene rings is 2. The first kappa shape index (κ1) is 18.2. The summed E-state index contributed by atoms with van der Waals surface area (Å²) in [4.78, 5) is 12.3. The van der Waals surface area contributed by atoms with Gasteiger partial charge >= 0.3 is 6.03 Å². The van der Waals surface area contributed by atoms with Crippen molar-refractivity contribution in [1.29, 1.82) is 0 Å². The number of carbonyl (C=O) groups is 1. The Balaban J connectivity index is 1.69. The van der Waals surface area contributed by atoms with Gasteiger partial charge in [0.25, 0.3) is 0 Å². The van der Waals surface area contributed by atoms with Gasteiger partial charge in [-0.25, -0.2) is 4.79 Å². The second-order valence-corrected chi connectivity index (χ2v) is 6.52. The molecule has 2 amide bonds. The van der Waals surface area contributed by atoms with Crippen LogP contribution in [0.4, 0.5) is 10.5 Å². The van der Waals surface area contributed by atoms with Gasteiger partial charge in [0.2, 0.25) is 0 Å². The van der Waals surface area contributed by atoms with Gasteiger partial charge in [-0.1, -0.05) is 35.3 Å². The molecule has 0 aliphatic heterocycles. The molecular formula is C17H16Cl2N6O. The van der Waals surface area contributed by atoms with Crippen LogP contribution >= 0.6 is 23.2 Å². The summed E-state index contributed by atoms with van der Waals surface area (Å²) in [6, 6.07) is 11.7. The molecule has 0 saturated carbocycles. The highest BCUT2D eigenvalue weighted by Gasteiger charge is 2.13. The number of amides is 2. The first-order valence-electron chi connectivity index (χ1n) is 7.82. The average molecular weight is 391 g/mol. The van der Waals surface area contributed by atoms with Crippen LogP contribution in [0, 0.1) is 6.92 Å². The monoisotopic (exact) mass is 390 g/mol. The molecule has 0 spiro atoms. The minimum atomic E-state index is -0.353. The average Bonchev–Trinajstić information content (AvgIpc) is 3.00. The summed E-state index contributed by atoms with van der Waals surface area (Å²) in [5.74, 6) is 0.651. The van der Waals surface area contributed by atoms with E-state index in [1.54, 1.807) is 41.9 Å². The van der Waals surface area contributed by atoms with E-state index in [0.29, 0.717) is 21.6 Å². The summed E-state index contributed by atoms with van der Waals surface area (Å²) in [6.07, 6.45) is 0. The summed E-state index contributed by atoms with van der Waals surface area (Å²) in [5, 5.41) is 18.1. The van der Waals surface area contributed by atoms with E-state index in [0.717, 1.165) is 11.3 Å². The number of nitrogens with one attached hydrogen (secondary N) is 2. The Morgan fingerprint density at radius 3 is 2.69 bits per heavy atom. The summed E-state index contributed by atoms with van der Waals surface area (Å²) in [5.41, 5.74) is 2.15. The van der Waals surface area contributed by atoms with Crippen LogP contribution < -0.4 is 10.6 Å². The van der Waals surface area contributed by atoms with Crippen LogP contribution in [-0.4, -0.2) is 26.2 Å². The number of aromatic nitrogens is 4. The lowest BCUT2D eigenvalue weighted by molar-refractivity contribution is 0.249. The van der Waals surface area contributed by atoms with E-state index in [1.807, 2.05) is 19.1 Å². The standard InChI is InChI=1S/C17H16Cl2N6O/c1-10(15-7-6-12(18)8-16(15)19)20-17(26)21-13-4-3-5-14(9-13)25-11(2)22-23-24-25/h3-10H,1-2H3,(H2,20,21,26)/t10-/m1/s1. The molecular weight excluding hydrogens is 375 g/mol. The Kier molecular flexibility index (Phi) is 5.39. The smallest absolute Gasteiger partial charge is 0.319 e. The predicted octanol–water partition coefficient (Wildman–Crippen LogP) is 4.16. The van der Waals surface area contributed by atoms with Crippen LogP contribution in [0.3, 0.4) is 0 Å². The molecule has 1 heterocycles. The number of halogens is 2. The van der Waals surface area contributed by atoms with Crippen molar-refractivity contribution >= 4 is 34.9 Å². The van der Waals surface area contributed by atoms with Gasteiger partial charge in [0.1, 0.15) is 0 Å². The number of rotatable bonds is 4. The van der Waals surface area contributed by atoms with E-state index in [-0.39, 0.29) is 12.1 Å². The second kappa shape index (κ2) is 7.72. The van der Waals surface area contributed by atoms with Crippen LogP contribution in [0.5, 0.6) is 0 Å². The molecule has 0 fully saturated rings. The molecule has 0 radical (unpaired) electrons. The van der Waals surface area contributed by atoms with Crippen molar-refractivity contribution in [3.63, 3.8) is 0 Å². The Hall–Kier alpha value is -2.64. The Bertz CT molecular complexity index is 943. The second-order valence-electron chi connectivity index (χ2n) is 5.67. The molecule has 26 heavy (non-hydrogen) atoms. The molecule has 0 unspecified atom stereocenters. The van der Waals surface area contributed by atoms with Gasteiger partial charge in [0.05, 0.1) is 11.7 Å². The molecule has 0 bridgehead atoms. The predicted molar refractivity (Wildman–Crippen MR) is 101 cm³/mol. The SMILES string of the molecule is Cc1nnnn1-c1cccc(NC(=O)N[C@H](C)c2ccc(Cl)cc2Cl)c1. The minimum Gasteiger partial charge on any atom is -0.331 e. The van der Waals surface area contributed by atoms with E-state index in [2.05, 4.69) is 26.2 Å². The molecule has 0 saturated heterocycles. The van der Waals surface area contributed by atoms with Crippen molar-refractivity contribution in [2.24, 2.45) is 0 Å². The molecule has 134 valence electrons. The molecule has 0 aliphatic rings. The highest BCUT2D eigenvalue weighted by molar-refractivity contribution is 6.35. The van der Waals surface area contributed by atoms with Crippen LogP contribution in [0.25, 0.3) is 5.69 Å². The summed E-state index contributed by atoms with van der Waals surface area (Å²) >= 11 is 12.1. The van der Waals surface area contributed by atoms with Crippen molar-refractivity contribution in [2.45, 2.75) is 19.9 Å². The number of tetrazole rings is 1. The highest BCUT2D eigenvalue weighted by Crippen LogP contribution is 2.26. The van der Waals surface area contributed by atoms with E-state index < -0.39 is 0 Å². The topological polar surface area (TPSA) is 84.7 Å². The molecule has 2 aromatic carbocycles. The van der Waals surface area contributed by atoms with Gasteiger partial charge in [-0.15, -0.1) is 5.10 Å². The first-order valence-corrected chi connectivity index (χ1v) is 8.57. The molecule has 1 aromatic heterocycles. The zero-order valence-electron chi connectivity index (χ0n) is 14.1. The first-order chi connectivity index (χ1) is 12.4. The molecule has 3 aromatic rings. The van der Waals surface area contributed by atoms with Crippen LogP contribution in [0.1, 0.15) is 24.4 Å². The number of aryl methyl sites for hydroxylation is 1. The number of nitrogens with zero attached hydrogens (tertiary/aromatic N) is 4. The fourth-order valence-corrected chi connectivity index (χ4v) is 3.05. The van der Waals surface area contributed by atoms with Crippen molar-refractivity contribution in [3.05, 3.63) is 63.9 Å². The van der Waals surface area contributed by atoms with Gasteiger partial charge in [-0.3, -0.25) is 0 Å². The minimum absolute atomic E-state index is 0.287. The van der Waals surface area contributed by atoms with Gasteiger partial charge < -0.3 is 10.6 Å². The zero-order valence-corrected chi connectivity index (χ0v) is 15.6. The van der Waals surface area contributed by atoms with Gasteiger partial charge in [-0.2, -0.15) is 4.68 Å². The normalized spacial score (nSPS) is 11.8. The van der Waals surface area contributed by atoms with E-state index in [4.69, 9.17) is 23.2 Å². The van der Waals surface area contributed by atoms with Gasteiger partial charge in [0, 0.05) is 15.7 Å². The van der Waals surface area contributed by atoms with Crippen LogP contribution in [0.15, 0.2) is 42.5 Å². The Morgan fingerprint density at radius 1 is 1.19 bits per heavy atom. The van der Waals surface area contributed by atoms with Gasteiger partial charge in [0.15, 0.2) is 5.82 Å². The summed E-state index contributed by atoms with van der Waals surface area (Å²) < 4.78 is 1.58. The third-order valence-electron chi connectivity index (χ3n) is 3.75. The highest BCUT2D eigenvalue weighted by atomic mass is 35.5. The van der Waals surface area contributed by atoms with Crippen molar-refractivity contribution in [2.75, 3.05) is 5.32 Å². The lowest BCUT2D eigenvalue weighted by atomic mass is 10.1. The molecule has 9 heteroatoms. The fraction of sp³-hybridized carbons (Fsp3) is 0.176. The number of carbonyl (C=O) groups excluding carboxylic acids is 1. The van der Waals surface area contributed by atoms with E-state index in [9.17, 15) is 4.79 Å². The molecule has 2 N–H and O–H groups in total. The largest absolute Gasteiger partial charge is 0.331 e. The van der Waals surface area contributed by atoms with Gasteiger partial charge in [-0.05, 0) is 60.2 Å². The number of urea groups is 1. The maximum Gasteiger partial charge on any atom is 0.319 e.